The van der Waals surface area contributed by atoms with Crippen molar-refractivity contribution in [2.24, 2.45) is 0 Å². The smallest absolute Gasteiger partial charge is 0.407 e. The van der Waals surface area contributed by atoms with Crippen molar-refractivity contribution >= 4 is 23.7 Å². The van der Waals surface area contributed by atoms with Gasteiger partial charge in [-0.1, -0.05) is 30.3 Å². The number of nitrogens with zero attached hydrogens (tertiary/aromatic N) is 1. The zero-order valence-electron chi connectivity index (χ0n) is 18.3. The molecule has 2 aromatic carbocycles. The highest BCUT2D eigenvalue weighted by atomic mass is 16.6. The van der Waals surface area contributed by atoms with E-state index in [1.54, 1.807) is 24.3 Å². The summed E-state index contributed by atoms with van der Waals surface area (Å²) in [5.74, 6) is -1.94. The number of ether oxygens (including phenoxy) is 2. The van der Waals surface area contributed by atoms with E-state index in [-0.39, 0.29) is 36.6 Å². The fourth-order valence-electron chi connectivity index (χ4n) is 2.97. The summed E-state index contributed by atoms with van der Waals surface area (Å²) in [5, 5.41) is 35.1. The number of aliphatic hydroxyl groups excluding tert-OH is 1. The number of nitrogens with one attached hydrogen (secondary N) is 2. The van der Waals surface area contributed by atoms with Gasteiger partial charge >= 0.3 is 12.1 Å². The largest absolute Gasteiger partial charge is 0.496 e. The molecule has 0 aliphatic carbocycles. The normalized spacial score (nSPS) is 12.2. The van der Waals surface area contributed by atoms with Gasteiger partial charge in [0.2, 0.25) is 5.91 Å². The lowest BCUT2D eigenvalue weighted by molar-refractivity contribution is -0.384. The second kappa shape index (κ2) is 12.7. The second-order valence-electron chi connectivity index (χ2n) is 7.22. The molecule has 2 aromatic rings. The number of aliphatic carboxylic acids is 1. The van der Waals surface area contributed by atoms with Gasteiger partial charge < -0.3 is 30.3 Å². The van der Waals surface area contributed by atoms with Crippen LogP contribution in [0.3, 0.4) is 0 Å². The van der Waals surface area contributed by atoms with Crippen LogP contribution in [0.1, 0.15) is 17.5 Å². The molecule has 2 amide bonds. The molecule has 0 fully saturated rings. The molecule has 34 heavy (non-hydrogen) atoms. The number of benzene rings is 2. The number of nitro groups is 1. The number of non-ortho nitro benzene ring substituents is 1. The summed E-state index contributed by atoms with van der Waals surface area (Å²) >= 11 is 0. The van der Waals surface area contributed by atoms with Gasteiger partial charge in [0.05, 0.1) is 24.6 Å². The Morgan fingerprint density at radius 3 is 2.47 bits per heavy atom. The van der Waals surface area contributed by atoms with Crippen LogP contribution in [0, 0.1) is 10.1 Å². The molecule has 0 aliphatic rings. The molecule has 12 nitrogen and oxygen atoms in total. The van der Waals surface area contributed by atoms with E-state index in [0.29, 0.717) is 0 Å². The number of hydrogen-bond acceptors (Lipinski definition) is 8. The summed E-state index contributed by atoms with van der Waals surface area (Å²) in [4.78, 5) is 46.0. The molecule has 4 N–H and O–H groups in total. The van der Waals surface area contributed by atoms with Gasteiger partial charge in [-0.3, -0.25) is 14.9 Å². The first-order valence-electron chi connectivity index (χ1n) is 10.2. The van der Waals surface area contributed by atoms with Gasteiger partial charge in [-0.25, -0.2) is 9.59 Å². The molecule has 0 unspecified atom stereocenters. The van der Waals surface area contributed by atoms with Gasteiger partial charge in [0, 0.05) is 30.7 Å². The average Bonchev–Trinajstić information content (AvgIpc) is 2.81. The predicted molar refractivity (Wildman–Crippen MR) is 118 cm³/mol. The Morgan fingerprint density at radius 2 is 1.85 bits per heavy atom. The molecule has 12 heteroatoms. The molecular weight excluding hydrogens is 450 g/mol. The number of hydrogen-bond donors (Lipinski definition) is 4. The monoisotopic (exact) mass is 475 g/mol. The highest BCUT2D eigenvalue weighted by molar-refractivity contribution is 5.84. The fourth-order valence-corrected chi connectivity index (χ4v) is 2.97. The molecule has 2 rings (SSSR count). The summed E-state index contributed by atoms with van der Waals surface area (Å²) in [6.07, 6.45) is -2.86. The van der Waals surface area contributed by atoms with Crippen molar-refractivity contribution in [2.75, 3.05) is 13.7 Å². The third-order valence-electron chi connectivity index (χ3n) is 4.65. The highest BCUT2D eigenvalue weighted by Gasteiger charge is 2.24. The summed E-state index contributed by atoms with van der Waals surface area (Å²) in [6, 6.07) is 11.2. The molecule has 182 valence electrons. The van der Waals surface area contributed by atoms with Crippen LogP contribution in [-0.4, -0.2) is 58.9 Å². The summed E-state index contributed by atoms with van der Waals surface area (Å²) in [5.41, 5.74) is 0.734. The van der Waals surface area contributed by atoms with Crippen LogP contribution in [0.15, 0.2) is 48.5 Å². The molecule has 0 heterocycles. The number of carboxylic acids is 1. The maximum Gasteiger partial charge on any atom is 0.407 e. The maximum absolute atomic E-state index is 12.2. The van der Waals surface area contributed by atoms with E-state index in [2.05, 4.69) is 10.6 Å². The minimum atomic E-state index is -1.43. The predicted octanol–water partition coefficient (Wildman–Crippen LogP) is 1.39. The lowest BCUT2D eigenvalue weighted by Crippen LogP contribution is -2.44. The molecular formula is C22H25N3O9. The first kappa shape index (κ1) is 26.1. The van der Waals surface area contributed by atoms with Crippen molar-refractivity contribution in [3.05, 3.63) is 69.8 Å². The van der Waals surface area contributed by atoms with E-state index in [0.717, 1.165) is 5.56 Å². The quantitative estimate of drug-likeness (QED) is 0.261. The Hall–Kier alpha value is -4.19. The molecule has 0 saturated carbocycles. The molecule has 2 atom stereocenters. The molecule has 0 bridgehead atoms. The summed E-state index contributed by atoms with van der Waals surface area (Å²) in [7, 11) is 1.33. The Kier molecular flexibility index (Phi) is 9.77. The van der Waals surface area contributed by atoms with Crippen LogP contribution in [-0.2, 0) is 27.4 Å². The van der Waals surface area contributed by atoms with E-state index >= 15 is 0 Å². The molecule has 0 radical (unpaired) electrons. The van der Waals surface area contributed by atoms with Crippen molar-refractivity contribution in [1.29, 1.82) is 0 Å². The summed E-state index contributed by atoms with van der Waals surface area (Å²) < 4.78 is 10.1. The van der Waals surface area contributed by atoms with Crippen LogP contribution >= 0.6 is 0 Å². The topological polar surface area (TPSA) is 177 Å². The SMILES string of the molecule is COc1ccc([N+](=O)[O-])cc1C[C@H](NC(=O)C[C@@H](O)CNC(=O)OCc1ccccc1)C(=O)O. The number of carboxylic acid groups (broad SMARTS) is 1. The third kappa shape index (κ3) is 8.39. The van der Waals surface area contributed by atoms with Crippen LogP contribution < -0.4 is 15.4 Å². The Balaban J connectivity index is 1.86. The van der Waals surface area contributed by atoms with Gasteiger partial charge in [0.15, 0.2) is 0 Å². The Morgan fingerprint density at radius 1 is 1.15 bits per heavy atom. The van der Waals surface area contributed by atoms with Crippen molar-refractivity contribution in [2.45, 2.75) is 31.6 Å². The Bertz CT molecular complexity index is 1010. The van der Waals surface area contributed by atoms with Crippen molar-refractivity contribution < 1.29 is 39.0 Å². The fraction of sp³-hybridized carbons (Fsp3) is 0.318. The third-order valence-corrected chi connectivity index (χ3v) is 4.65. The van der Waals surface area contributed by atoms with Gasteiger partial charge in [-0.2, -0.15) is 0 Å². The lowest BCUT2D eigenvalue weighted by Gasteiger charge is -2.18. The van der Waals surface area contributed by atoms with E-state index in [1.165, 1.54) is 25.3 Å². The molecule has 0 spiro atoms. The van der Waals surface area contributed by atoms with Crippen molar-refractivity contribution in [3.63, 3.8) is 0 Å². The first-order chi connectivity index (χ1) is 16.2. The number of carbonyl (C=O) groups is 3. The minimum Gasteiger partial charge on any atom is -0.496 e. The number of rotatable bonds is 12. The maximum atomic E-state index is 12.2. The van der Waals surface area contributed by atoms with E-state index < -0.39 is 41.5 Å². The number of aliphatic hydroxyl groups is 1. The van der Waals surface area contributed by atoms with Crippen molar-refractivity contribution in [3.8, 4) is 5.75 Å². The van der Waals surface area contributed by atoms with Crippen LogP contribution in [0.4, 0.5) is 10.5 Å². The van der Waals surface area contributed by atoms with E-state index in [1.807, 2.05) is 6.07 Å². The standard InChI is InChI=1S/C22H25N3O9/c1-33-19-8-7-16(25(31)32)9-15(19)10-18(21(28)29)24-20(27)11-17(26)12-23-22(30)34-13-14-5-3-2-4-6-14/h2-9,17-18,26H,10-13H2,1H3,(H,23,30)(H,24,27)(H,28,29)/t17-,18+/m1/s1. The minimum absolute atomic E-state index is 0.0324. The molecule has 0 aliphatic heterocycles. The van der Waals surface area contributed by atoms with Gasteiger partial charge in [-0.05, 0) is 11.6 Å². The first-order valence-corrected chi connectivity index (χ1v) is 10.2. The lowest BCUT2D eigenvalue weighted by atomic mass is 10.0. The van der Waals surface area contributed by atoms with E-state index in [9.17, 15) is 34.7 Å². The van der Waals surface area contributed by atoms with Crippen molar-refractivity contribution in [1.82, 2.24) is 10.6 Å². The number of alkyl carbamates (subject to hydrolysis) is 1. The highest BCUT2D eigenvalue weighted by Crippen LogP contribution is 2.25. The average molecular weight is 475 g/mol. The zero-order valence-corrected chi connectivity index (χ0v) is 18.3. The van der Waals surface area contributed by atoms with Gasteiger partial charge in [0.25, 0.3) is 5.69 Å². The van der Waals surface area contributed by atoms with Gasteiger partial charge in [0.1, 0.15) is 18.4 Å². The van der Waals surface area contributed by atoms with Crippen LogP contribution in [0.2, 0.25) is 0 Å². The number of nitro benzene ring substituents is 1. The van der Waals surface area contributed by atoms with Crippen LogP contribution in [0.25, 0.3) is 0 Å². The van der Waals surface area contributed by atoms with Gasteiger partial charge in [-0.15, -0.1) is 0 Å². The summed E-state index contributed by atoms with van der Waals surface area (Å²) in [6.45, 7) is -0.262. The zero-order chi connectivity index (χ0) is 25.1. The molecule has 0 saturated heterocycles. The molecule has 0 aromatic heterocycles. The second-order valence-corrected chi connectivity index (χ2v) is 7.22. The number of amides is 2. The van der Waals surface area contributed by atoms with Crippen LogP contribution in [0.5, 0.6) is 5.75 Å². The Labute approximate surface area is 194 Å². The number of methoxy groups -OCH3 is 1. The van der Waals surface area contributed by atoms with E-state index in [4.69, 9.17) is 9.47 Å². The number of carbonyl (C=O) groups excluding carboxylic acids is 2.